The van der Waals surface area contributed by atoms with E-state index in [-0.39, 0.29) is 5.56 Å². The summed E-state index contributed by atoms with van der Waals surface area (Å²) >= 11 is 0. The number of nitrogens with zero attached hydrogens (tertiary/aromatic N) is 3. The zero-order valence-electron chi connectivity index (χ0n) is 21.5. The molecule has 6 heteroatoms. The molecule has 0 amide bonds. The highest BCUT2D eigenvalue weighted by atomic mass is 16.5. The van der Waals surface area contributed by atoms with Gasteiger partial charge in [-0.2, -0.15) is 0 Å². The molecule has 0 aliphatic rings. The van der Waals surface area contributed by atoms with Crippen LogP contribution in [0.1, 0.15) is 28.1 Å². The van der Waals surface area contributed by atoms with Gasteiger partial charge in [-0.15, -0.1) is 0 Å². The lowest BCUT2D eigenvalue weighted by atomic mass is 10.1. The Morgan fingerprint density at radius 2 is 1.79 bits per heavy atom. The predicted octanol–water partition coefficient (Wildman–Crippen LogP) is 6.15. The van der Waals surface area contributed by atoms with Gasteiger partial charge in [-0.05, 0) is 85.3 Å². The van der Waals surface area contributed by atoms with Gasteiger partial charge in [-0.1, -0.05) is 24.0 Å². The summed E-state index contributed by atoms with van der Waals surface area (Å²) in [5, 5.41) is 1.58. The van der Waals surface area contributed by atoms with Crippen LogP contribution < -0.4 is 10.3 Å². The van der Waals surface area contributed by atoms with Gasteiger partial charge in [0.2, 0.25) is 0 Å². The number of ether oxygens (including phenoxy) is 1. The minimum Gasteiger partial charge on any atom is -0.497 e. The SMILES string of the molecule is COc1ccc2[nH]cc(C=Cc3nc4ccccc4c(=O)n3-c3ccc(C#Cc4cccnc4)cc3C)c2c1. The van der Waals surface area contributed by atoms with Gasteiger partial charge < -0.3 is 9.72 Å². The minimum absolute atomic E-state index is 0.127. The summed E-state index contributed by atoms with van der Waals surface area (Å²) in [6.07, 6.45) is 9.24. The average Bonchev–Trinajstić information content (AvgIpc) is 3.38. The minimum atomic E-state index is -0.127. The summed E-state index contributed by atoms with van der Waals surface area (Å²) in [4.78, 5) is 26.1. The molecule has 6 aromatic rings. The second-order valence-electron chi connectivity index (χ2n) is 9.11. The lowest BCUT2D eigenvalue weighted by Crippen LogP contribution is -2.23. The topological polar surface area (TPSA) is 72.8 Å². The average molecular weight is 509 g/mol. The van der Waals surface area contributed by atoms with Gasteiger partial charge in [0.1, 0.15) is 11.6 Å². The van der Waals surface area contributed by atoms with Crippen molar-refractivity contribution >= 4 is 34.0 Å². The Morgan fingerprint density at radius 3 is 2.62 bits per heavy atom. The summed E-state index contributed by atoms with van der Waals surface area (Å²) in [5.41, 5.74) is 5.86. The summed E-state index contributed by atoms with van der Waals surface area (Å²) < 4.78 is 7.08. The van der Waals surface area contributed by atoms with E-state index in [2.05, 4.69) is 21.8 Å². The van der Waals surface area contributed by atoms with E-state index in [0.717, 1.165) is 44.6 Å². The maximum absolute atomic E-state index is 13.8. The van der Waals surface area contributed by atoms with E-state index in [0.29, 0.717) is 16.7 Å². The van der Waals surface area contributed by atoms with Crippen LogP contribution in [0.4, 0.5) is 0 Å². The van der Waals surface area contributed by atoms with Gasteiger partial charge in [0.25, 0.3) is 5.56 Å². The number of benzene rings is 3. The van der Waals surface area contributed by atoms with E-state index in [1.165, 1.54) is 0 Å². The molecule has 0 radical (unpaired) electrons. The Bertz CT molecular complexity index is 1990. The fourth-order valence-electron chi connectivity index (χ4n) is 4.61. The standard InChI is InChI=1S/C33H24N4O2/c1-22-18-23(9-10-24-6-5-17-34-20-24)11-15-31(22)37-32(36-30-8-4-3-7-27(30)33(37)38)16-12-25-21-35-29-14-13-26(39-2)19-28(25)29/h3-8,11-21,35H,1-2H3. The van der Waals surface area contributed by atoms with Crippen molar-refractivity contribution in [2.45, 2.75) is 6.92 Å². The van der Waals surface area contributed by atoms with Crippen LogP contribution >= 0.6 is 0 Å². The van der Waals surface area contributed by atoms with Gasteiger partial charge in [-0.3, -0.25) is 14.3 Å². The number of nitrogens with one attached hydrogen (secondary N) is 1. The predicted molar refractivity (Wildman–Crippen MR) is 156 cm³/mol. The molecule has 0 aliphatic heterocycles. The Morgan fingerprint density at radius 1 is 0.923 bits per heavy atom. The van der Waals surface area contributed by atoms with E-state index >= 15 is 0 Å². The van der Waals surface area contributed by atoms with Crippen LogP contribution in [0.3, 0.4) is 0 Å². The van der Waals surface area contributed by atoms with E-state index < -0.39 is 0 Å². The number of rotatable bonds is 4. The number of hydrogen-bond donors (Lipinski definition) is 1. The normalized spacial score (nSPS) is 11.1. The largest absolute Gasteiger partial charge is 0.497 e. The van der Waals surface area contributed by atoms with Crippen molar-refractivity contribution in [3.8, 4) is 23.3 Å². The number of fused-ring (bicyclic) bond motifs is 2. The molecular formula is C33H24N4O2. The highest BCUT2D eigenvalue weighted by molar-refractivity contribution is 5.92. The molecule has 6 rings (SSSR count). The van der Waals surface area contributed by atoms with Crippen molar-refractivity contribution < 1.29 is 4.74 Å². The number of H-pyrrole nitrogens is 1. The first-order chi connectivity index (χ1) is 19.1. The first kappa shape index (κ1) is 24.0. The van der Waals surface area contributed by atoms with Crippen molar-refractivity contribution in [1.29, 1.82) is 0 Å². The monoisotopic (exact) mass is 508 g/mol. The molecule has 0 aliphatic carbocycles. The third kappa shape index (κ3) is 4.70. The second-order valence-corrected chi connectivity index (χ2v) is 9.11. The maximum Gasteiger partial charge on any atom is 0.266 e. The van der Waals surface area contributed by atoms with Gasteiger partial charge in [0.05, 0.1) is 23.7 Å². The smallest absolute Gasteiger partial charge is 0.266 e. The molecule has 0 saturated heterocycles. The zero-order valence-corrected chi connectivity index (χ0v) is 21.5. The Kier molecular flexibility index (Phi) is 6.24. The first-order valence-electron chi connectivity index (χ1n) is 12.5. The fraction of sp³-hybridized carbons (Fsp3) is 0.0606. The van der Waals surface area contributed by atoms with Crippen LogP contribution in [-0.4, -0.2) is 26.6 Å². The Hall–Kier alpha value is -5.41. The second kappa shape index (κ2) is 10.2. The van der Waals surface area contributed by atoms with Crippen LogP contribution in [0.15, 0.2) is 96.2 Å². The van der Waals surface area contributed by atoms with Crippen molar-refractivity contribution in [3.63, 3.8) is 0 Å². The molecule has 3 aromatic heterocycles. The zero-order chi connectivity index (χ0) is 26.8. The lowest BCUT2D eigenvalue weighted by Gasteiger charge is -2.14. The van der Waals surface area contributed by atoms with Crippen LogP contribution in [0.2, 0.25) is 0 Å². The summed E-state index contributed by atoms with van der Waals surface area (Å²) in [6.45, 7) is 1.98. The van der Waals surface area contributed by atoms with Crippen LogP contribution in [-0.2, 0) is 0 Å². The van der Waals surface area contributed by atoms with Crippen LogP contribution in [0, 0.1) is 18.8 Å². The quantitative estimate of drug-likeness (QED) is 0.290. The first-order valence-corrected chi connectivity index (χ1v) is 12.5. The van der Waals surface area contributed by atoms with E-state index in [4.69, 9.17) is 9.72 Å². The van der Waals surface area contributed by atoms with Crippen molar-refractivity contribution in [2.24, 2.45) is 0 Å². The van der Waals surface area contributed by atoms with Crippen molar-refractivity contribution in [1.82, 2.24) is 19.5 Å². The van der Waals surface area contributed by atoms with Crippen LogP contribution in [0.5, 0.6) is 5.75 Å². The fourth-order valence-corrected chi connectivity index (χ4v) is 4.61. The molecule has 0 bridgehead atoms. The number of methoxy groups -OCH3 is 1. The molecule has 1 N–H and O–H groups in total. The molecule has 6 nitrogen and oxygen atoms in total. The summed E-state index contributed by atoms with van der Waals surface area (Å²) in [7, 11) is 1.65. The van der Waals surface area contributed by atoms with E-state index in [9.17, 15) is 4.79 Å². The lowest BCUT2D eigenvalue weighted by molar-refractivity contribution is 0.415. The van der Waals surface area contributed by atoms with E-state index in [1.807, 2.05) is 98.1 Å². The van der Waals surface area contributed by atoms with Gasteiger partial charge in [-0.25, -0.2) is 4.98 Å². The van der Waals surface area contributed by atoms with Crippen molar-refractivity contribution in [2.75, 3.05) is 7.11 Å². The highest BCUT2D eigenvalue weighted by Gasteiger charge is 2.13. The molecule has 0 saturated carbocycles. The number of pyridine rings is 1. The number of para-hydroxylation sites is 1. The van der Waals surface area contributed by atoms with E-state index in [1.54, 1.807) is 24.1 Å². The molecule has 188 valence electrons. The Balaban J connectivity index is 1.47. The molecule has 0 spiro atoms. The number of aromatic nitrogens is 4. The molecule has 0 atom stereocenters. The number of aryl methyl sites for hydroxylation is 1. The molecule has 0 unspecified atom stereocenters. The highest BCUT2D eigenvalue weighted by Crippen LogP contribution is 2.26. The molecule has 39 heavy (non-hydrogen) atoms. The maximum atomic E-state index is 13.8. The van der Waals surface area contributed by atoms with Crippen LogP contribution in [0.25, 0.3) is 39.6 Å². The van der Waals surface area contributed by atoms with Gasteiger partial charge >= 0.3 is 0 Å². The number of hydrogen-bond acceptors (Lipinski definition) is 4. The van der Waals surface area contributed by atoms with Gasteiger partial charge in [0, 0.05) is 46.2 Å². The summed E-state index contributed by atoms with van der Waals surface area (Å²) in [5.74, 6) is 7.64. The number of aromatic amines is 1. The Labute approximate surface area is 225 Å². The third-order valence-electron chi connectivity index (χ3n) is 6.58. The van der Waals surface area contributed by atoms with Crippen molar-refractivity contribution in [3.05, 3.63) is 130 Å². The molecule has 0 fully saturated rings. The summed E-state index contributed by atoms with van der Waals surface area (Å²) in [6, 6.07) is 22.9. The third-order valence-corrected chi connectivity index (χ3v) is 6.58. The molecule has 3 aromatic carbocycles. The van der Waals surface area contributed by atoms with Gasteiger partial charge in [0.15, 0.2) is 0 Å². The molecule has 3 heterocycles. The molecular weight excluding hydrogens is 484 g/mol.